The van der Waals surface area contributed by atoms with Gasteiger partial charge in [-0.15, -0.1) is 10.2 Å². The van der Waals surface area contributed by atoms with Gasteiger partial charge in [0, 0.05) is 11.6 Å². The van der Waals surface area contributed by atoms with Crippen molar-refractivity contribution in [2.75, 3.05) is 5.32 Å². The second-order valence-electron chi connectivity index (χ2n) is 5.13. The summed E-state index contributed by atoms with van der Waals surface area (Å²) in [6.07, 6.45) is 0. The van der Waals surface area contributed by atoms with Gasteiger partial charge in [-0.1, -0.05) is 24.3 Å². The third kappa shape index (κ3) is 3.43. The second kappa shape index (κ2) is 6.53. The monoisotopic (exact) mass is 329 g/mol. The van der Waals surface area contributed by atoms with Crippen LogP contribution in [0.5, 0.6) is 0 Å². The highest BCUT2D eigenvalue weighted by Gasteiger charge is 2.12. The first kappa shape index (κ1) is 15.7. The Labute approximate surface area is 136 Å². The molecule has 0 aliphatic rings. The van der Waals surface area contributed by atoms with Crippen molar-refractivity contribution < 1.29 is 13.6 Å². The molecule has 1 amide bonds. The van der Waals surface area contributed by atoms with Crippen molar-refractivity contribution in [3.05, 3.63) is 59.7 Å². The van der Waals surface area contributed by atoms with Gasteiger partial charge < -0.3 is 5.32 Å². The molecule has 3 rings (SSSR count). The number of carbonyl (C=O) groups is 1. The quantitative estimate of drug-likeness (QED) is 0.798. The van der Waals surface area contributed by atoms with Gasteiger partial charge in [0.25, 0.3) is 0 Å². The summed E-state index contributed by atoms with van der Waals surface area (Å²) in [7, 11) is 0. The smallest absolute Gasteiger partial charge is 0.248 e. The number of anilines is 1. The molecule has 0 radical (unpaired) electrons. The predicted molar refractivity (Wildman–Crippen MR) is 83.0 cm³/mol. The molecule has 0 aliphatic heterocycles. The van der Waals surface area contributed by atoms with E-state index in [2.05, 4.69) is 20.7 Å². The molecule has 1 N–H and O–H groups in total. The molecule has 0 unspecified atom stereocenters. The zero-order valence-corrected chi connectivity index (χ0v) is 12.7. The molecule has 0 atom stereocenters. The van der Waals surface area contributed by atoms with Crippen LogP contribution in [0, 0.1) is 18.6 Å². The first-order valence-electron chi connectivity index (χ1n) is 7.11. The van der Waals surface area contributed by atoms with E-state index in [1.54, 1.807) is 0 Å². The Morgan fingerprint density at radius 2 is 2.00 bits per heavy atom. The van der Waals surface area contributed by atoms with Crippen LogP contribution in [0.2, 0.25) is 0 Å². The summed E-state index contributed by atoms with van der Waals surface area (Å²) in [5.74, 6) is -1.72. The average Bonchev–Trinajstić information content (AvgIpc) is 2.99. The molecule has 2 aromatic carbocycles. The topological polar surface area (TPSA) is 72.7 Å². The van der Waals surface area contributed by atoms with Crippen molar-refractivity contribution in [2.45, 2.75) is 13.5 Å². The minimum atomic E-state index is -0.851. The van der Waals surface area contributed by atoms with Crippen molar-refractivity contribution in [3.8, 4) is 11.4 Å². The fourth-order valence-corrected chi connectivity index (χ4v) is 2.15. The van der Waals surface area contributed by atoms with Gasteiger partial charge in [0.1, 0.15) is 18.2 Å². The van der Waals surface area contributed by atoms with Crippen molar-refractivity contribution >= 4 is 11.6 Å². The van der Waals surface area contributed by atoms with Crippen LogP contribution < -0.4 is 5.32 Å². The lowest BCUT2D eigenvalue weighted by Crippen LogP contribution is -2.21. The van der Waals surface area contributed by atoms with Gasteiger partial charge >= 0.3 is 0 Å². The lowest BCUT2D eigenvalue weighted by atomic mass is 10.1. The van der Waals surface area contributed by atoms with E-state index in [9.17, 15) is 13.6 Å². The highest BCUT2D eigenvalue weighted by molar-refractivity contribution is 5.90. The number of aryl methyl sites for hydroxylation is 1. The molecule has 6 nitrogen and oxygen atoms in total. The highest BCUT2D eigenvalue weighted by Crippen LogP contribution is 2.18. The SMILES string of the molecule is Cc1ccccc1-c1nnn(CC(=O)Nc2ccc(F)cc2F)n1. The molecular formula is C16H13F2N5O. The van der Waals surface area contributed by atoms with E-state index in [0.29, 0.717) is 11.9 Å². The van der Waals surface area contributed by atoms with Gasteiger partial charge in [0.2, 0.25) is 11.7 Å². The predicted octanol–water partition coefficient (Wildman–Crippen LogP) is 2.57. The molecule has 8 heteroatoms. The molecule has 0 saturated carbocycles. The maximum Gasteiger partial charge on any atom is 0.248 e. The lowest BCUT2D eigenvalue weighted by Gasteiger charge is -2.05. The minimum absolute atomic E-state index is 0.111. The number of benzene rings is 2. The van der Waals surface area contributed by atoms with E-state index in [4.69, 9.17) is 0 Å². The number of tetrazole rings is 1. The van der Waals surface area contributed by atoms with Crippen LogP contribution in [0.4, 0.5) is 14.5 Å². The van der Waals surface area contributed by atoms with Crippen LogP contribution >= 0.6 is 0 Å². The van der Waals surface area contributed by atoms with E-state index >= 15 is 0 Å². The molecule has 3 aromatic rings. The van der Waals surface area contributed by atoms with E-state index in [1.807, 2.05) is 31.2 Å². The third-order valence-electron chi connectivity index (χ3n) is 3.33. The standard InChI is InChI=1S/C16H13F2N5O/c1-10-4-2-3-5-12(10)16-20-22-23(21-16)9-15(24)19-14-7-6-11(17)8-13(14)18/h2-8H,9H2,1H3,(H,19,24). The van der Waals surface area contributed by atoms with Crippen LogP contribution in [0.25, 0.3) is 11.4 Å². The molecule has 0 aliphatic carbocycles. The summed E-state index contributed by atoms with van der Waals surface area (Å²) in [6.45, 7) is 1.68. The van der Waals surface area contributed by atoms with Crippen molar-refractivity contribution in [1.29, 1.82) is 0 Å². The van der Waals surface area contributed by atoms with Crippen LogP contribution in [0.1, 0.15) is 5.56 Å². The Morgan fingerprint density at radius 1 is 1.21 bits per heavy atom. The number of hydrogen-bond donors (Lipinski definition) is 1. The highest BCUT2D eigenvalue weighted by atomic mass is 19.1. The molecule has 0 fully saturated rings. The molecule has 0 spiro atoms. The number of rotatable bonds is 4. The molecule has 24 heavy (non-hydrogen) atoms. The molecule has 0 bridgehead atoms. The largest absolute Gasteiger partial charge is 0.322 e. The fourth-order valence-electron chi connectivity index (χ4n) is 2.15. The van der Waals surface area contributed by atoms with Gasteiger partial charge in [-0.25, -0.2) is 8.78 Å². The summed E-state index contributed by atoms with van der Waals surface area (Å²) in [4.78, 5) is 13.0. The fraction of sp³-hybridized carbons (Fsp3) is 0.125. The summed E-state index contributed by atoms with van der Waals surface area (Å²) >= 11 is 0. The number of nitrogens with zero attached hydrogens (tertiary/aromatic N) is 4. The Hall–Kier alpha value is -3.16. The molecular weight excluding hydrogens is 316 g/mol. The van der Waals surface area contributed by atoms with Crippen LogP contribution in [0.3, 0.4) is 0 Å². The zero-order valence-electron chi connectivity index (χ0n) is 12.7. The second-order valence-corrected chi connectivity index (χ2v) is 5.13. The number of amides is 1. The number of nitrogens with one attached hydrogen (secondary N) is 1. The summed E-state index contributed by atoms with van der Waals surface area (Å²) < 4.78 is 26.4. The van der Waals surface area contributed by atoms with Crippen LogP contribution in [-0.2, 0) is 11.3 Å². The lowest BCUT2D eigenvalue weighted by molar-refractivity contribution is -0.117. The van der Waals surface area contributed by atoms with Crippen molar-refractivity contribution in [2.24, 2.45) is 0 Å². The van der Waals surface area contributed by atoms with Gasteiger partial charge in [-0.3, -0.25) is 4.79 Å². The normalized spacial score (nSPS) is 10.6. The van der Waals surface area contributed by atoms with E-state index in [1.165, 1.54) is 0 Å². The Morgan fingerprint density at radius 3 is 2.75 bits per heavy atom. The number of carbonyl (C=O) groups excluding carboxylic acids is 1. The molecule has 0 saturated heterocycles. The maximum absolute atomic E-state index is 13.5. The molecule has 1 aromatic heterocycles. The Bertz CT molecular complexity index is 894. The Balaban J connectivity index is 1.70. The number of halogens is 2. The van der Waals surface area contributed by atoms with Gasteiger partial charge in [-0.2, -0.15) is 4.80 Å². The third-order valence-corrected chi connectivity index (χ3v) is 3.33. The molecule has 1 heterocycles. The Kier molecular flexibility index (Phi) is 4.28. The number of aromatic nitrogens is 4. The van der Waals surface area contributed by atoms with Crippen LogP contribution in [-0.4, -0.2) is 26.1 Å². The summed E-state index contributed by atoms with van der Waals surface area (Å²) in [5.41, 5.74) is 1.68. The van der Waals surface area contributed by atoms with Gasteiger partial charge in [0.05, 0.1) is 5.69 Å². The first-order chi connectivity index (χ1) is 11.5. The van der Waals surface area contributed by atoms with E-state index < -0.39 is 17.5 Å². The zero-order chi connectivity index (χ0) is 17.1. The molecule has 122 valence electrons. The van der Waals surface area contributed by atoms with E-state index in [-0.39, 0.29) is 12.2 Å². The minimum Gasteiger partial charge on any atom is -0.322 e. The van der Waals surface area contributed by atoms with Crippen molar-refractivity contribution in [3.63, 3.8) is 0 Å². The van der Waals surface area contributed by atoms with Crippen LogP contribution in [0.15, 0.2) is 42.5 Å². The van der Waals surface area contributed by atoms with Gasteiger partial charge in [-0.05, 0) is 29.8 Å². The van der Waals surface area contributed by atoms with Crippen molar-refractivity contribution in [1.82, 2.24) is 20.2 Å². The first-order valence-corrected chi connectivity index (χ1v) is 7.11. The summed E-state index contributed by atoms with van der Waals surface area (Å²) in [5, 5.41) is 14.2. The summed E-state index contributed by atoms with van der Waals surface area (Å²) in [6, 6.07) is 10.4. The number of hydrogen-bond acceptors (Lipinski definition) is 4. The van der Waals surface area contributed by atoms with E-state index in [0.717, 1.165) is 28.1 Å². The van der Waals surface area contributed by atoms with Gasteiger partial charge in [0.15, 0.2) is 0 Å². The maximum atomic E-state index is 13.5. The average molecular weight is 329 g/mol.